The summed E-state index contributed by atoms with van der Waals surface area (Å²) in [5.41, 5.74) is 2.58. The lowest BCUT2D eigenvalue weighted by molar-refractivity contribution is -0.129. The minimum absolute atomic E-state index is 0.0192. The van der Waals surface area contributed by atoms with Gasteiger partial charge in [0, 0.05) is 18.0 Å². The average molecular weight is 454 g/mol. The number of hydrogen-bond acceptors (Lipinski definition) is 5. The molecule has 1 amide bonds. The molecular weight excluding hydrogens is 426 g/mol. The number of benzene rings is 1. The Kier molecular flexibility index (Phi) is 6.14. The number of carbonyl (C=O) groups is 1. The molecule has 2 aromatic heterocycles. The van der Waals surface area contributed by atoms with Gasteiger partial charge >= 0.3 is 0 Å². The molecule has 1 saturated heterocycles. The van der Waals surface area contributed by atoms with Crippen LogP contribution in [0.3, 0.4) is 0 Å². The number of nitrogens with one attached hydrogen (secondary N) is 1. The smallest absolute Gasteiger partial charge is 0.259 e. The fourth-order valence-electron chi connectivity index (χ4n) is 4.79. The monoisotopic (exact) mass is 453 g/mol. The van der Waals surface area contributed by atoms with Gasteiger partial charge in [0.05, 0.1) is 16.9 Å². The maximum atomic E-state index is 12.7. The molecule has 0 atom stereocenters. The van der Waals surface area contributed by atoms with Gasteiger partial charge in [-0.15, -0.1) is 23.1 Å². The lowest BCUT2D eigenvalue weighted by Gasteiger charge is -2.32. The van der Waals surface area contributed by atoms with E-state index >= 15 is 0 Å². The van der Waals surface area contributed by atoms with Gasteiger partial charge in [-0.05, 0) is 55.6 Å². The second kappa shape index (κ2) is 9.17. The van der Waals surface area contributed by atoms with E-state index in [0.717, 1.165) is 55.4 Å². The Morgan fingerprint density at radius 3 is 2.74 bits per heavy atom. The van der Waals surface area contributed by atoms with Crippen LogP contribution in [0, 0.1) is 0 Å². The van der Waals surface area contributed by atoms with Crippen LogP contribution < -0.4 is 5.56 Å². The summed E-state index contributed by atoms with van der Waals surface area (Å²) in [6, 6.07) is 10.6. The summed E-state index contributed by atoms with van der Waals surface area (Å²) in [6.07, 6.45) is 6.45. The molecule has 0 saturated carbocycles. The highest BCUT2D eigenvalue weighted by Gasteiger charge is 2.24. The van der Waals surface area contributed by atoms with E-state index in [0.29, 0.717) is 23.2 Å². The molecule has 1 N–H and O–H groups in total. The van der Waals surface area contributed by atoms with Crippen LogP contribution in [0.25, 0.3) is 10.2 Å². The number of aromatic amines is 1. The summed E-state index contributed by atoms with van der Waals surface area (Å²) < 4.78 is 0. The summed E-state index contributed by atoms with van der Waals surface area (Å²) in [5.74, 6) is 2.40. The zero-order valence-corrected chi connectivity index (χ0v) is 19.2. The van der Waals surface area contributed by atoms with Crippen molar-refractivity contribution in [3.63, 3.8) is 0 Å². The first kappa shape index (κ1) is 20.8. The molecule has 7 heteroatoms. The molecule has 5 nitrogen and oxygen atoms in total. The third kappa shape index (κ3) is 4.44. The molecule has 1 aromatic carbocycles. The molecule has 2 aliphatic rings. The van der Waals surface area contributed by atoms with Crippen molar-refractivity contribution >= 4 is 39.2 Å². The number of fused-ring (bicyclic) bond motifs is 3. The normalized spacial score (nSPS) is 17.1. The molecule has 1 aliphatic carbocycles. The number of hydrogen-bond donors (Lipinski definition) is 1. The Labute approximate surface area is 190 Å². The zero-order chi connectivity index (χ0) is 21.2. The van der Waals surface area contributed by atoms with E-state index in [2.05, 4.69) is 29.2 Å². The third-order valence-corrected chi connectivity index (χ3v) is 8.57. The van der Waals surface area contributed by atoms with Crippen LogP contribution >= 0.6 is 23.1 Å². The number of H-pyrrole nitrogens is 1. The number of rotatable bonds is 5. The number of nitrogens with zero attached hydrogens (tertiary/aromatic N) is 2. The SMILES string of the molecule is O=C(CSCc1nc2sc3c(c2c(=O)[nH]1)CCCC3)N1CCC(c2ccccc2)CC1. The zero-order valence-electron chi connectivity index (χ0n) is 17.6. The Morgan fingerprint density at radius 2 is 1.94 bits per heavy atom. The van der Waals surface area contributed by atoms with E-state index in [1.165, 1.54) is 34.2 Å². The van der Waals surface area contributed by atoms with Crippen molar-refractivity contribution in [2.45, 2.75) is 50.2 Å². The first-order valence-corrected chi connectivity index (χ1v) is 13.1. The van der Waals surface area contributed by atoms with Crippen molar-refractivity contribution in [2.75, 3.05) is 18.8 Å². The number of thiophene rings is 1. The maximum Gasteiger partial charge on any atom is 0.259 e. The van der Waals surface area contributed by atoms with E-state index < -0.39 is 0 Å². The van der Waals surface area contributed by atoms with Crippen molar-refractivity contribution in [1.82, 2.24) is 14.9 Å². The van der Waals surface area contributed by atoms with Crippen molar-refractivity contribution in [3.8, 4) is 0 Å². The summed E-state index contributed by atoms with van der Waals surface area (Å²) >= 11 is 3.21. The van der Waals surface area contributed by atoms with Gasteiger partial charge in [0.15, 0.2) is 0 Å². The first-order valence-electron chi connectivity index (χ1n) is 11.1. The molecule has 0 bridgehead atoms. The maximum absolute atomic E-state index is 12.7. The van der Waals surface area contributed by atoms with Crippen LogP contribution in [0.2, 0.25) is 0 Å². The second-order valence-corrected chi connectivity index (χ2v) is 10.5. The predicted octanol–water partition coefficient (Wildman–Crippen LogP) is 4.50. The second-order valence-electron chi connectivity index (χ2n) is 8.46. The number of amides is 1. The van der Waals surface area contributed by atoms with E-state index in [9.17, 15) is 9.59 Å². The van der Waals surface area contributed by atoms with Crippen LogP contribution in [0.1, 0.15) is 53.4 Å². The van der Waals surface area contributed by atoms with Gasteiger partial charge in [0.2, 0.25) is 5.91 Å². The number of piperidine rings is 1. The quantitative estimate of drug-likeness (QED) is 0.618. The molecule has 0 spiro atoms. The Hall–Kier alpha value is -2.12. The summed E-state index contributed by atoms with van der Waals surface area (Å²) in [5, 5.41) is 0.797. The van der Waals surface area contributed by atoms with Crippen LogP contribution in [0.4, 0.5) is 0 Å². The van der Waals surface area contributed by atoms with Gasteiger partial charge in [-0.25, -0.2) is 4.98 Å². The molecular formula is C24H27N3O2S2. The van der Waals surface area contributed by atoms with Gasteiger partial charge < -0.3 is 9.88 Å². The lowest BCUT2D eigenvalue weighted by atomic mass is 9.89. The van der Waals surface area contributed by atoms with E-state index in [4.69, 9.17) is 4.98 Å². The fourth-order valence-corrected chi connectivity index (χ4v) is 6.86. The molecule has 0 radical (unpaired) electrons. The summed E-state index contributed by atoms with van der Waals surface area (Å²) in [6.45, 7) is 1.64. The number of aromatic nitrogens is 2. The molecule has 1 fully saturated rings. The number of carbonyl (C=O) groups excluding carboxylic acids is 1. The van der Waals surface area contributed by atoms with Gasteiger partial charge in [0.25, 0.3) is 5.56 Å². The van der Waals surface area contributed by atoms with Crippen LogP contribution in [0.15, 0.2) is 35.1 Å². The minimum atomic E-state index is -0.0192. The largest absolute Gasteiger partial charge is 0.342 e. The molecule has 5 rings (SSSR count). The molecule has 0 unspecified atom stereocenters. The van der Waals surface area contributed by atoms with E-state index in [1.807, 2.05) is 11.0 Å². The molecule has 3 aromatic rings. The summed E-state index contributed by atoms with van der Waals surface area (Å²) in [7, 11) is 0. The van der Waals surface area contributed by atoms with Crippen molar-refractivity contribution in [1.29, 1.82) is 0 Å². The average Bonchev–Trinajstić information content (AvgIpc) is 3.18. The highest BCUT2D eigenvalue weighted by Crippen LogP contribution is 2.33. The lowest BCUT2D eigenvalue weighted by Crippen LogP contribution is -2.39. The molecule has 1 aliphatic heterocycles. The standard InChI is InChI=1S/C24H27N3O2S2/c28-21(27-12-10-17(11-13-27)16-6-2-1-3-7-16)15-30-14-20-25-23(29)22-18-8-4-5-9-19(18)31-24(22)26-20/h1-3,6-7,17H,4-5,8-15H2,(H,25,26,29). The highest BCUT2D eigenvalue weighted by molar-refractivity contribution is 7.99. The molecule has 162 valence electrons. The van der Waals surface area contributed by atoms with Gasteiger partial charge in [-0.2, -0.15) is 0 Å². The summed E-state index contributed by atoms with van der Waals surface area (Å²) in [4.78, 5) is 37.2. The van der Waals surface area contributed by atoms with Crippen LogP contribution in [0.5, 0.6) is 0 Å². The Balaban J connectivity index is 1.16. The Morgan fingerprint density at radius 1 is 1.16 bits per heavy atom. The van der Waals surface area contributed by atoms with Crippen molar-refractivity contribution in [3.05, 3.63) is 62.5 Å². The van der Waals surface area contributed by atoms with Crippen molar-refractivity contribution in [2.24, 2.45) is 0 Å². The van der Waals surface area contributed by atoms with Gasteiger partial charge in [-0.1, -0.05) is 30.3 Å². The van der Waals surface area contributed by atoms with Crippen LogP contribution in [-0.4, -0.2) is 39.6 Å². The predicted molar refractivity (Wildman–Crippen MR) is 128 cm³/mol. The number of thioether (sulfide) groups is 1. The van der Waals surface area contributed by atoms with E-state index in [1.54, 1.807) is 11.3 Å². The van der Waals surface area contributed by atoms with Gasteiger partial charge in [0.1, 0.15) is 10.7 Å². The highest BCUT2D eigenvalue weighted by atomic mass is 32.2. The number of likely N-dealkylation sites (tertiary alicyclic amines) is 1. The molecule has 3 heterocycles. The number of aryl methyl sites for hydroxylation is 2. The van der Waals surface area contributed by atoms with E-state index in [-0.39, 0.29) is 11.5 Å². The van der Waals surface area contributed by atoms with Crippen LogP contribution in [-0.2, 0) is 23.4 Å². The third-order valence-electron chi connectivity index (χ3n) is 6.46. The van der Waals surface area contributed by atoms with Gasteiger partial charge in [-0.3, -0.25) is 9.59 Å². The Bertz CT molecular complexity index is 1130. The fraction of sp³-hybridized carbons (Fsp3) is 0.458. The molecule has 31 heavy (non-hydrogen) atoms. The first-order chi connectivity index (χ1) is 15.2. The minimum Gasteiger partial charge on any atom is -0.342 e. The van der Waals surface area contributed by atoms with Crippen molar-refractivity contribution < 1.29 is 4.79 Å². The topological polar surface area (TPSA) is 66.1 Å².